The molecule has 1 atom stereocenters. The molecule has 0 fully saturated rings. The monoisotopic (exact) mass is 576 g/mol. The highest BCUT2D eigenvalue weighted by Gasteiger charge is 2.39. The van der Waals surface area contributed by atoms with E-state index in [1.54, 1.807) is 12.1 Å². The minimum absolute atomic E-state index is 0.214. The minimum Gasteiger partial charge on any atom is -0.441 e. The van der Waals surface area contributed by atoms with Gasteiger partial charge in [0.2, 0.25) is 11.7 Å². The SMILES string of the molecule is CN1CC2=C(OC(N)=C(c3nc(-c4ccc(Cl)cc4)no3)C2c2ccc(Cl)cc2)/C(=C/c2ccc(Cl)cc2)C1. The zero-order valence-corrected chi connectivity index (χ0v) is 23.1. The number of likely N-dealkylation sites (N-methyl/N-ethyl adjacent to an activating group) is 1. The van der Waals surface area contributed by atoms with Crippen molar-refractivity contribution in [2.45, 2.75) is 5.92 Å². The van der Waals surface area contributed by atoms with E-state index < -0.39 is 0 Å². The average molecular weight is 578 g/mol. The predicted octanol–water partition coefficient (Wildman–Crippen LogP) is 7.42. The van der Waals surface area contributed by atoms with Crippen LogP contribution in [0.4, 0.5) is 0 Å². The first-order chi connectivity index (χ1) is 18.9. The first-order valence-electron chi connectivity index (χ1n) is 12.3. The Morgan fingerprint density at radius 3 is 2.15 bits per heavy atom. The zero-order chi connectivity index (χ0) is 27.1. The van der Waals surface area contributed by atoms with E-state index in [-0.39, 0.29) is 11.8 Å². The predicted molar refractivity (Wildman–Crippen MR) is 155 cm³/mol. The van der Waals surface area contributed by atoms with Crippen LogP contribution in [0.25, 0.3) is 23.0 Å². The van der Waals surface area contributed by atoms with E-state index in [4.69, 9.17) is 54.8 Å². The first-order valence-corrected chi connectivity index (χ1v) is 13.4. The number of aromatic nitrogens is 2. The van der Waals surface area contributed by atoms with Gasteiger partial charge in [0.15, 0.2) is 0 Å². The largest absolute Gasteiger partial charge is 0.441 e. The number of nitrogens with zero attached hydrogens (tertiary/aromatic N) is 3. The minimum atomic E-state index is -0.291. The zero-order valence-electron chi connectivity index (χ0n) is 20.9. The number of rotatable bonds is 4. The average Bonchev–Trinajstić information content (AvgIpc) is 3.40. The van der Waals surface area contributed by atoms with Crippen molar-refractivity contribution in [1.29, 1.82) is 0 Å². The van der Waals surface area contributed by atoms with Gasteiger partial charge >= 0.3 is 0 Å². The lowest BCUT2D eigenvalue weighted by Gasteiger charge is -2.37. The summed E-state index contributed by atoms with van der Waals surface area (Å²) in [5, 5.41) is 6.17. The van der Waals surface area contributed by atoms with Gasteiger partial charge in [0.25, 0.3) is 5.89 Å². The summed E-state index contributed by atoms with van der Waals surface area (Å²) in [5.41, 5.74) is 12.1. The third kappa shape index (κ3) is 5.21. The lowest BCUT2D eigenvalue weighted by molar-refractivity contribution is 0.256. The number of halogens is 3. The molecule has 0 saturated heterocycles. The maximum absolute atomic E-state index is 6.65. The van der Waals surface area contributed by atoms with Crippen LogP contribution in [0.1, 0.15) is 22.9 Å². The summed E-state index contributed by atoms with van der Waals surface area (Å²) in [6, 6.07) is 22.6. The van der Waals surface area contributed by atoms with Crippen LogP contribution in [-0.4, -0.2) is 35.2 Å². The van der Waals surface area contributed by atoms with Crippen molar-refractivity contribution in [2.75, 3.05) is 20.1 Å². The number of ether oxygens (including phenoxy) is 1. The fourth-order valence-electron chi connectivity index (χ4n) is 4.99. The standard InChI is InChI=1S/C30H23Cl3N4O2/c1-37-15-20(14-17-2-8-21(31)9-3-17)27-24(16-37)25(18-4-10-22(32)11-5-18)26(28(34)38-27)30-35-29(36-39-30)19-6-12-23(33)13-7-19/h2-14,25H,15-16,34H2,1H3/b20-14+. The Hall–Kier alpha value is -3.55. The maximum Gasteiger partial charge on any atom is 0.260 e. The maximum atomic E-state index is 6.65. The highest BCUT2D eigenvalue weighted by molar-refractivity contribution is 6.31. The lowest BCUT2D eigenvalue weighted by Crippen LogP contribution is -2.35. The van der Waals surface area contributed by atoms with Gasteiger partial charge in [-0.2, -0.15) is 4.98 Å². The van der Waals surface area contributed by atoms with Crippen LogP contribution in [0.3, 0.4) is 0 Å². The summed E-state index contributed by atoms with van der Waals surface area (Å²) in [6.07, 6.45) is 2.10. The molecular formula is C30H23Cl3N4O2. The molecule has 2 N–H and O–H groups in total. The van der Waals surface area contributed by atoms with Crippen LogP contribution < -0.4 is 5.73 Å². The highest BCUT2D eigenvalue weighted by atomic mass is 35.5. The fraction of sp³-hybridized carbons (Fsp3) is 0.133. The van der Waals surface area contributed by atoms with Crippen LogP contribution in [-0.2, 0) is 4.74 Å². The van der Waals surface area contributed by atoms with Crippen molar-refractivity contribution in [3.63, 3.8) is 0 Å². The van der Waals surface area contributed by atoms with Crippen molar-refractivity contribution in [3.8, 4) is 11.4 Å². The molecule has 9 heteroatoms. The van der Waals surface area contributed by atoms with Gasteiger partial charge in [0.1, 0.15) is 5.76 Å². The summed E-state index contributed by atoms with van der Waals surface area (Å²) in [4.78, 5) is 6.94. The molecular weight excluding hydrogens is 555 g/mol. The fourth-order valence-corrected chi connectivity index (χ4v) is 5.37. The summed E-state index contributed by atoms with van der Waals surface area (Å²) in [6.45, 7) is 1.36. The van der Waals surface area contributed by atoms with Crippen molar-refractivity contribution in [1.82, 2.24) is 15.0 Å². The first kappa shape index (κ1) is 25.7. The van der Waals surface area contributed by atoms with E-state index in [0.717, 1.165) is 33.6 Å². The summed E-state index contributed by atoms with van der Waals surface area (Å²) < 4.78 is 12.1. The van der Waals surface area contributed by atoms with Gasteiger partial charge in [-0.25, -0.2) is 0 Å². The van der Waals surface area contributed by atoms with Gasteiger partial charge < -0.3 is 15.0 Å². The van der Waals surface area contributed by atoms with Gasteiger partial charge in [0.05, 0.1) is 5.57 Å². The molecule has 4 aromatic rings. The molecule has 196 valence electrons. The third-order valence-electron chi connectivity index (χ3n) is 6.75. The second-order valence-corrected chi connectivity index (χ2v) is 10.9. The summed E-state index contributed by atoms with van der Waals surface area (Å²) in [7, 11) is 2.07. The van der Waals surface area contributed by atoms with Crippen molar-refractivity contribution >= 4 is 46.5 Å². The smallest absolute Gasteiger partial charge is 0.260 e. The molecule has 1 aromatic heterocycles. The van der Waals surface area contributed by atoms with Gasteiger partial charge in [0, 0.05) is 45.2 Å². The molecule has 0 aliphatic carbocycles. The molecule has 0 radical (unpaired) electrons. The third-order valence-corrected chi connectivity index (χ3v) is 7.51. The molecule has 1 unspecified atom stereocenters. The number of nitrogens with two attached hydrogens (primary N) is 1. The molecule has 39 heavy (non-hydrogen) atoms. The van der Waals surface area contributed by atoms with E-state index in [9.17, 15) is 0 Å². The van der Waals surface area contributed by atoms with E-state index in [0.29, 0.717) is 45.4 Å². The van der Waals surface area contributed by atoms with Gasteiger partial charge in [-0.15, -0.1) is 0 Å². The Morgan fingerprint density at radius 2 is 1.49 bits per heavy atom. The Balaban J connectivity index is 1.48. The van der Waals surface area contributed by atoms with Crippen LogP contribution in [0.15, 0.2) is 100 Å². The van der Waals surface area contributed by atoms with Crippen molar-refractivity contribution in [3.05, 3.63) is 128 Å². The van der Waals surface area contributed by atoms with Crippen LogP contribution in [0.5, 0.6) is 0 Å². The topological polar surface area (TPSA) is 77.4 Å². The molecule has 3 aromatic carbocycles. The van der Waals surface area contributed by atoms with E-state index >= 15 is 0 Å². The highest BCUT2D eigenvalue weighted by Crippen LogP contribution is 2.47. The van der Waals surface area contributed by atoms with Crippen LogP contribution >= 0.6 is 34.8 Å². The Labute approximate surface area is 240 Å². The number of allylic oxidation sites excluding steroid dienone is 1. The number of hydrogen-bond donors (Lipinski definition) is 1. The molecule has 3 heterocycles. The van der Waals surface area contributed by atoms with E-state index in [1.165, 1.54) is 0 Å². The lowest BCUT2D eigenvalue weighted by atomic mass is 9.79. The van der Waals surface area contributed by atoms with Crippen molar-refractivity contribution in [2.24, 2.45) is 5.73 Å². The molecule has 0 bridgehead atoms. The van der Waals surface area contributed by atoms with Gasteiger partial charge in [-0.05, 0) is 78.4 Å². The Bertz CT molecular complexity index is 1620. The normalized spacial score (nSPS) is 18.9. The summed E-state index contributed by atoms with van der Waals surface area (Å²) in [5.74, 6) is 1.40. The van der Waals surface area contributed by atoms with Crippen LogP contribution in [0, 0.1) is 0 Å². The number of hydrogen-bond acceptors (Lipinski definition) is 6. The number of benzene rings is 3. The Kier molecular flexibility index (Phi) is 6.95. The molecule has 0 amide bonds. The van der Waals surface area contributed by atoms with Gasteiger partial charge in [-0.1, -0.05) is 64.2 Å². The van der Waals surface area contributed by atoms with Gasteiger partial charge in [-0.3, -0.25) is 4.90 Å². The van der Waals surface area contributed by atoms with Crippen molar-refractivity contribution < 1.29 is 9.26 Å². The second kappa shape index (κ2) is 10.5. The summed E-state index contributed by atoms with van der Waals surface area (Å²) >= 11 is 18.4. The van der Waals surface area contributed by atoms with E-state index in [2.05, 4.69) is 23.2 Å². The molecule has 6 rings (SSSR count). The molecule has 0 saturated carbocycles. The molecule has 2 aliphatic heterocycles. The molecule has 2 aliphatic rings. The molecule has 6 nitrogen and oxygen atoms in total. The molecule has 0 spiro atoms. The second-order valence-electron chi connectivity index (χ2n) is 9.54. The Morgan fingerprint density at radius 1 is 0.872 bits per heavy atom. The quantitative estimate of drug-likeness (QED) is 0.272. The van der Waals surface area contributed by atoms with Crippen LogP contribution in [0.2, 0.25) is 15.1 Å². The van der Waals surface area contributed by atoms with E-state index in [1.807, 2.05) is 60.7 Å².